The summed E-state index contributed by atoms with van der Waals surface area (Å²) in [5.74, 6) is -0.813. The Labute approximate surface area is 136 Å². The molecule has 126 valence electrons. The van der Waals surface area contributed by atoms with Crippen LogP contribution in [0.1, 0.15) is 0 Å². The first kappa shape index (κ1) is 17.2. The average Bonchev–Trinajstić information content (AvgIpc) is 2.56. The monoisotopic (exact) mass is 335 g/mol. The first-order chi connectivity index (χ1) is 11.5. The lowest BCUT2D eigenvalue weighted by Gasteiger charge is -2.09. The topological polar surface area (TPSA) is 79.5 Å². The van der Waals surface area contributed by atoms with Crippen molar-refractivity contribution in [3.8, 4) is 0 Å². The highest BCUT2D eigenvalue weighted by Gasteiger charge is 2.05. The van der Waals surface area contributed by atoms with Crippen molar-refractivity contribution in [2.24, 2.45) is 0 Å². The zero-order valence-electron chi connectivity index (χ0n) is 12.5. The van der Waals surface area contributed by atoms with Gasteiger partial charge in [-0.25, -0.2) is 18.4 Å². The number of carbonyl (C=O) groups is 2. The first-order valence-corrected chi connectivity index (χ1v) is 7.03. The molecule has 0 saturated carbocycles. The van der Waals surface area contributed by atoms with E-state index in [2.05, 4.69) is 16.0 Å². The molecule has 0 bridgehead atoms. The SMILES string of the molecule is O=C(NCCOC(=O)Nc1ccc(F)cc1)Nc1ccc(F)cc1. The number of hydrogen-bond acceptors (Lipinski definition) is 3. The lowest BCUT2D eigenvalue weighted by molar-refractivity contribution is 0.162. The van der Waals surface area contributed by atoms with Crippen molar-refractivity contribution in [1.82, 2.24) is 5.32 Å². The summed E-state index contributed by atoms with van der Waals surface area (Å²) in [6.45, 7) is 0.0354. The summed E-state index contributed by atoms with van der Waals surface area (Å²) in [6.07, 6.45) is -0.720. The van der Waals surface area contributed by atoms with E-state index >= 15 is 0 Å². The molecule has 0 atom stereocenters. The Balaban J connectivity index is 1.63. The van der Waals surface area contributed by atoms with Gasteiger partial charge in [-0.05, 0) is 48.5 Å². The van der Waals surface area contributed by atoms with Crippen LogP contribution in [0.15, 0.2) is 48.5 Å². The normalized spacial score (nSPS) is 9.92. The summed E-state index contributed by atoms with van der Waals surface area (Å²) in [7, 11) is 0. The Bertz CT molecular complexity index is 629. The van der Waals surface area contributed by atoms with Crippen molar-refractivity contribution in [2.75, 3.05) is 23.8 Å². The molecule has 0 aliphatic rings. The van der Waals surface area contributed by atoms with E-state index in [0.29, 0.717) is 11.4 Å². The van der Waals surface area contributed by atoms with Gasteiger partial charge in [0.25, 0.3) is 0 Å². The first-order valence-electron chi connectivity index (χ1n) is 7.03. The van der Waals surface area contributed by atoms with E-state index in [-0.39, 0.29) is 13.2 Å². The van der Waals surface area contributed by atoms with Crippen molar-refractivity contribution >= 4 is 23.5 Å². The third-order valence-electron chi connectivity index (χ3n) is 2.81. The predicted molar refractivity (Wildman–Crippen MR) is 84.8 cm³/mol. The van der Waals surface area contributed by atoms with Gasteiger partial charge in [0.15, 0.2) is 0 Å². The summed E-state index contributed by atoms with van der Waals surface area (Å²) in [4.78, 5) is 23.0. The summed E-state index contributed by atoms with van der Waals surface area (Å²) in [6, 6.07) is 9.97. The zero-order chi connectivity index (χ0) is 17.4. The van der Waals surface area contributed by atoms with E-state index in [9.17, 15) is 18.4 Å². The van der Waals surface area contributed by atoms with E-state index in [1.54, 1.807) is 0 Å². The quantitative estimate of drug-likeness (QED) is 0.733. The molecule has 0 saturated heterocycles. The van der Waals surface area contributed by atoms with Crippen LogP contribution < -0.4 is 16.0 Å². The summed E-state index contributed by atoms with van der Waals surface area (Å²) in [5.41, 5.74) is 0.826. The second-order valence-corrected chi connectivity index (χ2v) is 4.66. The summed E-state index contributed by atoms with van der Waals surface area (Å²) < 4.78 is 30.3. The number of anilines is 2. The van der Waals surface area contributed by atoms with Crippen molar-refractivity contribution in [2.45, 2.75) is 0 Å². The number of hydrogen-bond donors (Lipinski definition) is 3. The lowest BCUT2D eigenvalue weighted by atomic mass is 10.3. The molecule has 6 nitrogen and oxygen atoms in total. The lowest BCUT2D eigenvalue weighted by Crippen LogP contribution is -2.32. The van der Waals surface area contributed by atoms with Gasteiger partial charge >= 0.3 is 12.1 Å². The van der Waals surface area contributed by atoms with Crippen LogP contribution in [0, 0.1) is 11.6 Å². The number of ether oxygens (including phenoxy) is 1. The molecular formula is C16H15F2N3O3. The molecule has 0 fully saturated rings. The molecule has 0 aromatic heterocycles. The fourth-order valence-electron chi connectivity index (χ4n) is 1.70. The highest BCUT2D eigenvalue weighted by molar-refractivity contribution is 5.89. The number of benzene rings is 2. The minimum absolute atomic E-state index is 0.0517. The van der Waals surface area contributed by atoms with Crippen molar-refractivity contribution in [3.63, 3.8) is 0 Å². The highest BCUT2D eigenvalue weighted by Crippen LogP contribution is 2.09. The van der Waals surface area contributed by atoms with Crippen LogP contribution in [-0.4, -0.2) is 25.3 Å². The fraction of sp³-hybridized carbons (Fsp3) is 0.125. The largest absolute Gasteiger partial charge is 0.447 e. The maximum atomic E-state index is 12.7. The maximum absolute atomic E-state index is 12.7. The van der Waals surface area contributed by atoms with Gasteiger partial charge in [-0.1, -0.05) is 0 Å². The number of amides is 3. The van der Waals surface area contributed by atoms with Crippen molar-refractivity contribution < 1.29 is 23.1 Å². The molecule has 8 heteroatoms. The Morgan fingerprint density at radius 2 is 1.33 bits per heavy atom. The van der Waals surface area contributed by atoms with E-state index in [1.807, 2.05) is 0 Å². The third-order valence-corrected chi connectivity index (χ3v) is 2.81. The van der Waals surface area contributed by atoms with Crippen molar-refractivity contribution in [1.29, 1.82) is 0 Å². The molecule has 0 spiro atoms. The number of rotatable bonds is 5. The van der Waals surface area contributed by atoms with Gasteiger partial charge in [-0.15, -0.1) is 0 Å². The zero-order valence-corrected chi connectivity index (χ0v) is 12.5. The molecule has 0 unspecified atom stereocenters. The third kappa shape index (κ3) is 5.91. The van der Waals surface area contributed by atoms with Crippen LogP contribution in [0.3, 0.4) is 0 Å². The van der Waals surface area contributed by atoms with Gasteiger partial charge in [0.05, 0.1) is 6.54 Å². The molecule has 0 radical (unpaired) electrons. The molecule has 3 N–H and O–H groups in total. The second-order valence-electron chi connectivity index (χ2n) is 4.66. The Kier molecular flexibility index (Phi) is 6.07. The van der Waals surface area contributed by atoms with E-state index in [0.717, 1.165) is 0 Å². The number of urea groups is 1. The summed E-state index contributed by atoms with van der Waals surface area (Å²) >= 11 is 0. The molecule has 2 aromatic carbocycles. The molecule has 3 amide bonds. The van der Waals surface area contributed by atoms with Gasteiger partial charge in [-0.3, -0.25) is 5.32 Å². The van der Waals surface area contributed by atoms with Crippen LogP contribution in [-0.2, 0) is 4.74 Å². The van der Waals surface area contributed by atoms with Gasteiger partial charge in [0, 0.05) is 11.4 Å². The summed E-state index contributed by atoms with van der Waals surface area (Å²) in [5, 5.41) is 7.38. The Hall–Kier alpha value is -3.16. The molecule has 0 aliphatic carbocycles. The van der Waals surface area contributed by atoms with Crippen molar-refractivity contribution in [3.05, 3.63) is 60.2 Å². The fourth-order valence-corrected chi connectivity index (χ4v) is 1.70. The number of carbonyl (C=O) groups excluding carboxylic acids is 2. The standard InChI is InChI=1S/C16H15F2N3O3/c17-11-1-5-13(6-2-11)20-15(22)19-9-10-24-16(23)21-14-7-3-12(18)4-8-14/h1-8H,9-10H2,(H,21,23)(H2,19,20,22). The van der Waals surface area contributed by atoms with E-state index in [1.165, 1.54) is 48.5 Å². The maximum Gasteiger partial charge on any atom is 0.411 e. The minimum Gasteiger partial charge on any atom is -0.447 e. The molecule has 2 rings (SSSR count). The number of nitrogens with one attached hydrogen (secondary N) is 3. The van der Waals surface area contributed by atoms with Gasteiger partial charge in [0.1, 0.15) is 18.2 Å². The second kappa shape index (κ2) is 8.47. The van der Waals surface area contributed by atoms with E-state index in [4.69, 9.17) is 4.74 Å². The van der Waals surface area contributed by atoms with Gasteiger partial charge < -0.3 is 15.4 Å². The van der Waals surface area contributed by atoms with Crippen LogP contribution in [0.4, 0.5) is 29.7 Å². The molecular weight excluding hydrogens is 320 g/mol. The van der Waals surface area contributed by atoms with Crippen LogP contribution in [0.25, 0.3) is 0 Å². The predicted octanol–water partition coefficient (Wildman–Crippen LogP) is 3.34. The van der Waals surface area contributed by atoms with Gasteiger partial charge in [0.2, 0.25) is 0 Å². The van der Waals surface area contributed by atoms with Crippen LogP contribution >= 0.6 is 0 Å². The number of halogens is 2. The molecule has 0 heterocycles. The van der Waals surface area contributed by atoms with Gasteiger partial charge in [-0.2, -0.15) is 0 Å². The molecule has 0 aliphatic heterocycles. The average molecular weight is 335 g/mol. The van der Waals surface area contributed by atoms with E-state index < -0.39 is 23.8 Å². The van der Waals surface area contributed by atoms with Crippen LogP contribution in [0.2, 0.25) is 0 Å². The molecule has 2 aromatic rings. The van der Waals surface area contributed by atoms with Crippen LogP contribution in [0.5, 0.6) is 0 Å². The minimum atomic E-state index is -0.720. The molecule has 24 heavy (non-hydrogen) atoms. The highest BCUT2D eigenvalue weighted by atomic mass is 19.1. The Morgan fingerprint density at radius 3 is 1.88 bits per heavy atom. The Morgan fingerprint density at radius 1 is 0.833 bits per heavy atom. The smallest absolute Gasteiger partial charge is 0.411 e.